The Kier molecular flexibility index (Phi) is 5.45. The number of aromatic nitrogens is 3. The molecule has 1 aromatic heterocycles. The van der Waals surface area contributed by atoms with Crippen LogP contribution < -0.4 is 0 Å². The molecule has 1 amide bonds. The number of halogens is 1. The minimum atomic E-state index is -0.304. The Hall–Kier alpha value is -2.67. The van der Waals surface area contributed by atoms with Crippen molar-refractivity contribution >= 4 is 17.7 Å². The van der Waals surface area contributed by atoms with Crippen LogP contribution in [0.4, 0.5) is 4.39 Å². The average Bonchev–Trinajstić information content (AvgIpc) is 3.15. The Bertz CT molecular complexity index is 837. The molecule has 25 heavy (non-hydrogen) atoms. The smallest absolute Gasteiger partial charge is 0.253 e. The van der Waals surface area contributed by atoms with E-state index in [9.17, 15) is 9.18 Å². The Morgan fingerprint density at radius 2 is 1.96 bits per heavy atom. The minimum Gasteiger partial charge on any atom is -0.337 e. The van der Waals surface area contributed by atoms with Gasteiger partial charge in [-0.15, -0.1) is 0 Å². The third-order valence-corrected chi connectivity index (χ3v) is 4.63. The molecule has 0 radical (unpaired) electrons. The summed E-state index contributed by atoms with van der Waals surface area (Å²) in [5.74, 6) is 0.286. The van der Waals surface area contributed by atoms with Gasteiger partial charge in [0.1, 0.15) is 12.1 Å². The molecule has 0 unspecified atom stereocenters. The summed E-state index contributed by atoms with van der Waals surface area (Å²) in [7, 11) is 1.67. The van der Waals surface area contributed by atoms with Gasteiger partial charge in [0.15, 0.2) is 5.16 Å². The van der Waals surface area contributed by atoms with Gasteiger partial charge in [0.2, 0.25) is 0 Å². The van der Waals surface area contributed by atoms with Crippen LogP contribution in [0.25, 0.3) is 0 Å². The van der Waals surface area contributed by atoms with E-state index in [1.54, 1.807) is 37.4 Å². The Morgan fingerprint density at radius 1 is 1.20 bits per heavy atom. The van der Waals surface area contributed by atoms with Gasteiger partial charge in [-0.3, -0.25) is 9.89 Å². The van der Waals surface area contributed by atoms with Crippen molar-refractivity contribution in [2.75, 3.05) is 7.05 Å². The van der Waals surface area contributed by atoms with Gasteiger partial charge in [-0.05, 0) is 23.8 Å². The highest BCUT2D eigenvalue weighted by atomic mass is 32.2. The maximum atomic E-state index is 13.7. The minimum absolute atomic E-state index is 0.141. The van der Waals surface area contributed by atoms with Gasteiger partial charge in [0, 0.05) is 30.5 Å². The highest BCUT2D eigenvalue weighted by Crippen LogP contribution is 2.19. The molecule has 0 aliphatic heterocycles. The second-order valence-corrected chi connectivity index (χ2v) is 6.49. The molecule has 3 rings (SSSR count). The molecule has 0 saturated heterocycles. The first-order valence-electron chi connectivity index (χ1n) is 7.69. The summed E-state index contributed by atoms with van der Waals surface area (Å²) in [6, 6.07) is 13.9. The summed E-state index contributed by atoms with van der Waals surface area (Å²) >= 11 is 1.54. The van der Waals surface area contributed by atoms with Crippen molar-refractivity contribution in [3.05, 3.63) is 77.4 Å². The zero-order valence-corrected chi connectivity index (χ0v) is 14.5. The van der Waals surface area contributed by atoms with E-state index in [2.05, 4.69) is 15.2 Å². The third kappa shape index (κ3) is 4.45. The van der Waals surface area contributed by atoms with Crippen LogP contribution in [0.2, 0.25) is 0 Å². The lowest BCUT2D eigenvalue weighted by Crippen LogP contribution is -2.26. The predicted molar refractivity (Wildman–Crippen MR) is 94.6 cm³/mol. The molecule has 0 spiro atoms. The van der Waals surface area contributed by atoms with Gasteiger partial charge in [-0.2, -0.15) is 5.10 Å². The largest absolute Gasteiger partial charge is 0.337 e. The summed E-state index contributed by atoms with van der Waals surface area (Å²) in [5.41, 5.74) is 2.15. The number of aromatic amines is 1. The number of benzene rings is 2. The number of thioether (sulfide) groups is 1. The summed E-state index contributed by atoms with van der Waals surface area (Å²) < 4.78 is 13.7. The standard InChI is InChI=1S/C18H17FN4OS/c1-23(10-15-4-2-3-5-16(15)19)17(24)14-8-6-13(7-9-14)11-25-18-20-12-21-22-18/h2-9,12H,10-11H2,1H3,(H,20,21,22). The number of nitrogens with one attached hydrogen (secondary N) is 1. The first-order valence-corrected chi connectivity index (χ1v) is 8.68. The molecule has 3 aromatic rings. The molecule has 0 bridgehead atoms. The summed E-state index contributed by atoms with van der Waals surface area (Å²) in [6.07, 6.45) is 1.47. The molecule has 5 nitrogen and oxygen atoms in total. The Labute approximate surface area is 149 Å². The molecule has 128 valence electrons. The molecular formula is C18H17FN4OS. The normalized spacial score (nSPS) is 10.6. The van der Waals surface area contributed by atoms with Crippen molar-refractivity contribution in [2.24, 2.45) is 0 Å². The fourth-order valence-electron chi connectivity index (χ4n) is 2.33. The lowest BCUT2D eigenvalue weighted by atomic mass is 10.1. The predicted octanol–water partition coefficient (Wildman–Crippen LogP) is 3.51. The number of nitrogens with zero attached hydrogens (tertiary/aromatic N) is 3. The van der Waals surface area contributed by atoms with E-state index in [1.807, 2.05) is 12.1 Å². The quantitative estimate of drug-likeness (QED) is 0.687. The van der Waals surface area contributed by atoms with E-state index < -0.39 is 0 Å². The summed E-state index contributed by atoms with van der Waals surface area (Å²) in [6.45, 7) is 0.231. The number of hydrogen-bond acceptors (Lipinski definition) is 4. The van der Waals surface area contributed by atoms with Gasteiger partial charge < -0.3 is 4.90 Å². The molecule has 0 saturated carbocycles. The van der Waals surface area contributed by atoms with E-state index in [0.29, 0.717) is 11.1 Å². The van der Waals surface area contributed by atoms with Crippen molar-refractivity contribution in [2.45, 2.75) is 17.5 Å². The van der Waals surface area contributed by atoms with Crippen LogP contribution in [0, 0.1) is 5.82 Å². The molecule has 1 N–H and O–H groups in total. The fourth-order valence-corrected chi connectivity index (χ4v) is 3.07. The van der Waals surface area contributed by atoms with Gasteiger partial charge >= 0.3 is 0 Å². The van der Waals surface area contributed by atoms with Crippen LogP contribution >= 0.6 is 11.8 Å². The second-order valence-electron chi connectivity index (χ2n) is 5.53. The van der Waals surface area contributed by atoms with E-state index in [4.69, 9.17) is 0 Å². The number of H-pyrrole nitrogens is 1. The highest BCUT2D eigenvalue weighted by Gasteiger charge is 2.13. The Balaban J connectivity index is 1.61. The average molecular weight is 356 g/mol. The van der Waals surface area contributed by atoms with Gasteiger partial charge in [0.25, 0.3) is 5.91 Å². The van der Waals surface area contributed by atoms with Crippen LogP contribution in [0.15, 0.2) is 60.0 Å². The van der Waals surface area contributed by atoms with E-state index in [1.165, 1.54) is 29.1 Å². The van der Waals surface area contributed by atoms with E-state index in [-0.39, 0.29) is 18.3 Å². The van der Waals surface area contributed by atoms with Crippen LogP contribution in [0.3, 0.4) is 0 Å². The number of carbonyl (C=O) groups is 1. The SMILES string of the molecule is CN(Cc1ccccc1F)C(=O)c1ccc(CSc2ncn[nH]2)cc1. The third-order valence-electron chi connectivity index (χ3n) is 3.68. The Morgan fingerprint density at radius 3 is 2.64 bits per heavy atom. The van der Waals surface area contributed by atoms with Crippen molar-refractivity contribution in [3.63, 3.8) is 0 Å². The monoisotopic (exact) mass is 356 g/mol. The topological polar surface area (TPSA) is 61.9 Å². The molecular weight excluding hydrogens is 339 g/mol. The molecule has 0 aliphatic carbocycles. The first kappa shape index (κ1) is 17.2. The van der Waals surface area contributed by atoms with E-state index >= 15 is 0 Å². The molecule has 2 aromatic carbocycles. The van der Waals surface area contributed by atoms with Crippen LogP contribution in [0.1, 0.15) is 21.5 Å². The molecule has 1 heterocycles. The first-order chi connectivity index (χ1) is 12.1. The van der Waals surface area contributed by atoms with Crippen LogP contribution in [-0.4, -0.2) is 33.0 Å². The zero-order valence-electron chi connectivity index (χ0n) is 13.6. The van der Waals surface area contributed by atoms with Gasteiger partial charge in [-0.1, -0.05) is 42.1 Å². The summed E-state index contributed by atoms with van der Waals surface area (Å²) in [4.78, 5) is 18.1. The summed E-state index contributed by atoms with van der Waals surface area (Å²) in [5, 5.41) is 7.34. The lowest BCUT2D eigenvalue weighted by molar-refractivity contribution is 0.0784. The maximum Gasteiger partial charge on any atom is 0.253 e. The number of hydrogen-bond donors (Lipinski definition) is 1. The highest BCUT2D eigenvalue weighted by molar-refractivity contribution is 7.98. The van der Waals surface area contributed by atoms with Crippen LogP contribution in [0.5, 0.6) is 0 Å². The van der Waals surface area contributed by atoms with Crippen LogP contribution in [-0.2, 0) is 12.3 Å². The molecule has 0 atom stereocenters. The lowest BCUT2D eigenvalue weighted by Gasteiger charge is -2.18. The van der Waals surface area contributed by atoms with Gasteiger partial charge in [-0.25, -0.2) is 9.37 Å². The molecule has 0 aliphatic rings. The fraction of sp³-hybridized carbons (Fsp3) is 0.167. The van der Waals surface area contributed by atoms with Crippen molar-refractivity contribution in [1.82, 2.24) is 20.1 Å². The van der Waals surface area contributed by atoms with Gasteiger partial charge in [0.05, 0.1) is 0 Å². The second kappa shape index (κ2) is 7.94. The number of rotatable bonds is 6. The van der Waals surface area contributed by atoms with E-state index in [0.717, 1.165) is 16.5 Å². The van der Waals surface area contributed by atoms with Crippen molar-refractivity contribution in [1.29, 1.82) is 0 Å². The number of carbonyl (C=O) groups excluding carboxylic acids is 1. The van der Waals surface area contributed by atoms with Crippen molar-refractivity contribution in [3.8, 4) is 0 Å². The van der Waals surface area contributed by atoms with Crippen molar-refractivity contribution < 1.29 is 9.18 Å². The molecule has 7 heteroatoms. The zero-order chi connectivity index (χ0) is 17.6. The maximum absolute atomic E-state index is 13.7. The number of amides is 1. The molecule has 0 fully saturated rings.